The van der Waals surface area contributed by atoms with Crippen molar-refractivity contribution < 1.29 is 17.6 Å². The van der Waals surface area contributed by atoms with Crippen molar-refractivity contribution in [3.63, 3.8) is 0 Å². The van der Waals surface area contributed by atoms with E-state index in [0.717, 1.165) is 11.9 Å². The van der Waals surface area contributed by atoms with Gasteiger partial charge in [-0.05, 0) is 36.8 Å². The summed E-state index contributed by atoms with van der Waals surface area (Å²) in [5, 5.41) is 2.56. The highest BCUT2D eigenvalue weighted by Crippen LogP contribution is 2.15. The number of nitrogens with zero attached hydrogens (tertiary/aromatic N) is 3. The number of sulfonamides is 1. The Bertz CT molecular complexity index is 929. The predicted molar refractivity (Wildman–Crippen MR) is 105 cm³/mol. The minimum absolute atomic E-state index is 0.0302. The molecule has 0 bridgehead atoms. The summed E-state index contributed by atoms with van der Waals surface area (Å²) in [5.74, 6) is -0.352. The lowest BCUT2D eigenvalue weighted by Gasteiger charge is -2.34. The first-order valence-corrected chi connectivity index (χ1v) is 10.7. The fraction of sp³-hybridized carbons (Fsp3) is 0.368. The van der Waals surface area contributed by atoms with Gasteiger partial charge < -0.3 is 10.2 Å². The van der Waals surface area contributed by atoms with Gasteiger partial charge in [0.2, 0.25) is 10.0 Å². The largest absolute Gasteiger partial charge is 0.354 e. The summed E-state index contributed by atoms with van der Waals surface area (Å²) >= 11 is 0. The molecule has 0 spiro atoms. The molecule has 1 fully saturated rings. The molecule has 28 heavy (non-hydrogen) atoms. The van der Waals surface area contributed by atoms with E-state index in [-0.39, 0.29) is 17.9 Å². The summed E-state index contributed by atoms with van der Waals surface area (Å²) in [6, 6.07) is 9.58. The van der Waals surface area contributed by atoms with Gasteiger partial charge in [0.25, 0.3) is 5.91 Å². The van der Waals surface area contributed by atoms with Crippen molar-refractivity contribution in [1.29, 1.82) is 0 Å². The molecule has 7 nitrogen and oxygen atoms in total. The molecule has 2 heterocycles. The summed E-state index contributed by atoms with van der Waals surface area (Å²) in [5.41, 5.74) is 0.841. The van der Waals surface area contributed by atoms with Crippen LogP contribution in [-0.4, -0.2) is 62.1 Å². The molecule has 2 aromatic rings. The first-order valence-electron chi connectivity index (χ1n) is 9.05. The van der Waals surface area contributed by atoms with Gasteiger partial charge in [-0.25, -0.2) is 17.8 Å². The molecule has 1 aliphatic rings. The number of benzene rings is 1. The van der Waals surface area contributed by atoms with Gasteiger partial charge in [-0.15, -0.1) is 0 Å². The average Bonchev–Trinajstić information content (AvgIpc) is 2.70. The van der Waals surface area contributed by atoms with Gasteiger partial charge >= 0.3 is 0 Å². The Morgan fingerprint density at radius 1 is 1.18 bits per heavy atom. The Morgan fingerprint density at radius 2 is 1.93 bits per heavy atom. The number of piperazine rings is 1. The van der Waals surface area contributed by atoms with Crippen LogP contribution >= 0.6 is 0 Å². The summed E-state index contributed by atoms with van der Waals surface area (Å²) in [6.07, 6.45) is 1.71. The van der Waals surface area contributed by atoms with Crippen molar-refractivity contribution in [3.05, 3.63) is 59.5 Å². The van der Waals surface area contributed by atoms with Crippen LogP contribution in [0.5, 0.6) is 0 Å². The number of carbonyl (C=O) groups is 1. The van der Waals surface area contributed by atoms with Crippen LogP contribution in [0.25, 0.3) is 0 Å². The van der Waals surface area contributed by atoms with Crippen molar-refractivity contribution >= 4 is 21.7 Å². The normalized spacial score (nSPS) is 15.4. The molecule has 3 rings (SSSR count). The van der Waals surface area contributed by atoms with E-state index in [1.807, 2.05) is 23.1 Å². The smallest absolute Gasteiger partial charge is 0.251 e. The van der Waals surface area contributed by atoms with Gasteiger partial charge in [0.15, 0.2) is 0 Å². The van der Waals surface area contributed by atoms with E-state index in [1.165, 1.54) is 16.4 Å². The van der Waals surface area contributed by atoms with Crippen LogP contribution in [0.1, 0.15) is 15.9 Å². The number of aryl methyl sites for hydroxylation is 1. The Balaban J connectivity index is 1.51. The maximum absolute atomic E-state index is 13.3. The van der Waals surface area contributed by atoms with Crippen molar-refractivity contribution in [2.45, 2.75) is 6.92 Å². The second-order valence-corrected chi connectivity index (χ2v) is 8.69. The lowest BCUT2D eigenvalue weighted by Crippen LogP contribution is -2.50. The first-order chi connectivity index (χ1) is 13.4. The monoisotopic (exact) mass is 406 g/mol. The highest BCUT2D eigenvalue weighted by atomic mass is 32.2. The molecule has 0 aliphatic carbocycles. The Morgan fingerprint density at radius 3 is 2.61 bits per heavy atom. The van der Waals surface area contributed by atoms with E-state index < -0.39 is 21.7 Å². The third-order valence-corrected chi connectivity index (χ3v) is 6.57. The van der Waals surface area contributed by atoms with Crippen LogP contribution in [0, 0.1) is 12.7 Å². The number of hydrogen-bond donors (Lipinski definition) is 1. The second kappa shape index (κ2) is 8.66. The molecule has 1 saturated heterocycles. The zero-order valence-electron chi connectivity index (χ0n) is 15.6. The summed E-state index contributed by atoms with van der Waals surface area (Å²) in [4.78, 5) is 18.5. The number of pyridine rings is 1. The van der Waals surface area contributed by atoms with Crippen LogP contribution in [0.15, 0.2) is 42.6 Å². The third kappa shape index (κ3) is 4.85. The lowest BCUT2D eigenvalue weighted by molar-refractivity contribution is 0.0955. The van der Waals surface area contributed by atoms with E-state index in [0.29, 0.717) is 31.7 Å². The molecule has 0 radical (unpaired) electrons. The zero-order valence-corrected chi connectivity index (χ0v) is 16.5. The SMILES string of the molecule is Cc1ccc(F)cc1C(=O)NCCS(=O)(=O)N1CCN(c2ccccn2)CC1. The second-order valence-electron chi connectivity index (χ2n) is 6.61. The number of halogens is 1. The van der Waals surface area contributed by atoms with Crippen LogP contribution in [0.3, 0.4) is 0 Å². The zero-order chi connectivity index (χ0) is 20.1. The molecular weight excluding hydrogens is 383 g/mol. The third-order valence-electron chi connectivity index (χ3n) is 4.70. The number of anilines is 1. The number of rotatable bonds is 6. The summed E-state index contributed by atoms with van der Waals surface area (Å²) < 4.78 is 39.9. The van der Waals surface area contributed by atoms with Gasteiger partial charge in [-0.1, -0.05) is 12.1 Å². The van der Waals surface area contributed by atoms with E-state index >= 15 is 0 Å². The molecule has 9 heteroatoms. The van der Waals surface area contributed by atoms with E-state index in [2.05, 4.69) is 10.3 Å². The molecule has 1 N–H and O–H groups in total. The first kappa shape index (κ1) is 20.2. The maximum Gasteiger partial charge on any atom is 0.251 e. The molecule has 1 aromatic carbocycles. The fourth-order valence-corrected chi connectivity index (χ4v) is 4.43. The van der Waals surface area contributed by atoms with Crippen LogP contribution in [0.4, 0.5) is 10.2 Å². The van der Waals surface area contributed by atoms with E-state index in [9.17, 15) is 17.6 Å². The molecule has 1 amide bonds. The molecule has 1 aliphatic heterocycles. The van der Waals surface area contributed by atoms with Crippen molar-refractivity contribution in [2.75, 3.05) is 43.4 Å². The highest BCUT2D eigenvalue weighted by molar-refractivity contribution is 7.89. The van der Waals surface area contributed by atoms with Crippen LogP contribution in [0.2, 0.25) is 0 Å². The van der Waals surface area contributed by atoms with Gasteiger partial charge in [-0.3, -0.25) is 4.79 Å². The van der Waals surface area contributed by atoms with Gasteiger partial charge in [0, 0.05) is 44.5 Å². The Hall–Kier alpha value is -2.52. The van der Waals surface area contributed by atoms with Gasteiger partial charge in [-0.2, -0.15) is 4.31 Å². The number of aromatic nitrogens is 1. The minimum Gasteiger partial charge on any atom is -0.354 e. The van der Waals surface area contributed by atoms with Gasteiger partial charge in [0.1, 0.15) is 11.6 Å². The fourth-order valence-electron chi connectivity index (χ4n) is 3.09. The molecule has 150 valence electrons. The average molecular weight is 406 g/mol. The predicted octanol–water partition coefficient (Wildman–Crippen LogP) is 1.41. The van der Waals surface area contributed by atoms with E-state index in [1.54, 1.807) is 13.1 Å². The molecule has 0 unspecified atom stereocenters. The number of hydrogen-bond acceptors (Lipinski definition) is 5. The van der Waals surface area contributed by atoms with Crippen molar-refractivity contribution in [3.8, 4) is 0 Å². The topological polar surface area (TPSA) is 82.6 Å². The molecular formula is C19H23FN4O3S. The Kier molecular flexibility index (Phi) is 6.25. The highest BCUT2D eigenvalue weighted by Gasteiger charge is 2.27. The number of amides is 1. The summed E-state index contributed by atoms with van der Waals surface area (Å²) in [7, 11) is -3.49. The molecule has 1 aromatic heterocycles. The number of nitrogens with one attached hydrogen (secondary N) is 1. The standard InChI is InChI=1S/C19H23FN4O3S/c1-15-5-6-16(20)14-17(15)19(25)22-8-13-28(26,27)24-11-9-23(10-12-24)18-4-2-3-7-21-18/h2-7,14H,8-13H2,1H3,(H,22,25). The number of carbonyl (C=O) groups excluding carboxylic acids is 1. The van der Waals surface area contributed by atoms with Crippen LogP contribution < -0.4 is 10.2 Å². The Labute approximate surface area is 164 Å². The van der Waals surface area contributed by atoms with E-state index in [4.69, 9.17) is 0 Å². The van der Waals surface area contributed by atoms with Crippen molar-refractivity contribution in [2.24, 2.45) is 0 Å². The lowest BCUT2D eigenvalue weighted by atomic mass is 10.1. The maximum atomic E-state index is 13.3. The van der Waals surface area contributed by atoms with Crippen LogP contribution in [-0.2, 0) is 10.0 Å². The van der Waals surface area contributed by atoms with Gasteiger partial charge in [0.05, 0.1) is 5.75 Å². The summed E-state index contributed by atoms with van der Waals surface area (Å²) in [6.45, 7) is 3.53. The minimum atomic E-state index is -3.49. The molecule has 0 saturated carbocycles. The quantitative estimate of drug-likeness (QED) is 0.784. The molecule has 0 atom stereocenters. The van der Waals surface area contributed by atoms with Crippen molar-refractivity contribution in [1.82, 2.24) is 14.6 Å².